The van der Waals surface area contributed by atoms with Crippen LogP contribution in [0.3, 0.4) is 0 Å². The number of nitrogens with two attached hydrogens (primary N) is 2. The van der Waals surface area contributed by atoms with Crippen molar-refractivity contribution in [2.45, 2.75) is 56.5 Å². The number of fused-ring (bicyclic) bond motifs is 3. The maximum Gasteiger partial charge on any atom is 0.697 e. The highest BCUT2D eigenvalue weighted by Crippen LogP contribution is 2.71. The van der Waals surface area contributed by atoms with Gasteiger partial charge in [0, 0.05) is 22.1 Å². The van der Waals surface area contributed by atoms with E-state index in [9.17, 15) is 19.4 Å². The topological polar surface area (TPSA) is 237 Å². The molecular weight excluding hydrogens is 626 g/mol. The third kappa shape index (κ3) is 4.77. The lowest BCUT2D eigenvalue weighted by Gasteiger charge is -2.31. The maximum atomic E-state index is 13.2. The normalized spacial score (nSPS) is 38.6. The summed E-state index contributed by atoms with van der Waals surface area (Å²) < 4.78 is 45.8. The summed E-state index contributed by atoms with van der Waals surface area (Å²) in [5, 5.41) is 11.5. The zero-order valence-corrected chi connectivity index (χ0v) is 25.3. The summed E-state index contributed by atoms with van der Waals surface area (Å²) in [6.07, 6.45) is -1.02. The smallest absolute Gasteiger partial charge is 0.397 e. The zero-order chi connectivity index (χ0) is 30.4. The number of imidazole rings is 2. The molecule has 3 unspecified atom stereocenters. The molecule has 4 aliphatic rings. The van der Waals surface area contributed by atoms with Gasteiger partial charge in [-0.15, -0.1) is 9.05 Å². The van der Waals surface area contributed by atoms with Gasteiger partial charge >= 0.3 is 15.0 Å². The second kappa shape index (κ2) is 10.2. The molecule has 0 amide bonds. The molecule has 10 atom stereocenters. The number of aliphatic hydroxyl groups is 1. The van der Waals surface area contributed by atoms with E-state index in [1.54, 1.807) is 10.9 Å². The number of nitrogens with one attached hydrogen (secondary N) is 1. The molecule has 3 aromatic rings. The van der Waals surface area contributed by atoms with Gasteiger partial charge in [0.1, 0.15) is 24.5 Å². The number of nitrogens with zero attached hydrogens (tertiary/aromatic N) is 5. The first-order valence-corrected chi connectivity index (χ1v) is 17.0. The first-order valence-electron chi connectivity index (χ1n) is 13.4. The van der Waals surface area contributed by atoms with Gasteiger partial charge in [-0.25, -0.2) is 9.97 Å². The lowest BCUT2D eigenvalue weighted by Crippen LogP contribution is -2.38. The average molecular weight is 656 g/mol. The Morgan fingerprint density at radius 2 is 2.12 bits per heavy atom. The molecule has 0 aromatic carbocycles. The van der Waals surface area contributed by atoms with E-state index in [-0.39, 0.29) is 48.4 Å². The van der Waals surface area contributed by atoms with Crippen molar-refractivity contribution < 1.29 is 37.4 Å². The molecule has 7 rings (SSSR count). The van der Waals surface area contributed by atoms with E-state index in [1.165, 1.54) is 10.9 Å². The molecule has 43 heavy (non-hydrogen) atoms. The van der Waals surface area contributed by atoms with E-state index in [2.05, 4.69) is 26.5 Å². The molecule has 0 radical (unpaired) electrons. The minimum atomic E-state index is -3.92. The van der Waals surface area contributed by atoms with Crippen LogP contribution >= 0.6 is 15.0 Å². The van der Waals surface area contributed by atoms with E-state index in [0.29, 0.717) is 17.8 Å². The number of hydrogen-bond donors (Lipinski definition) is 5. The lowest BCUT2D eigenvalue weighted by molar-refractivity contribution is -0.0552. The quantitative estimate of drug-likeness (QED) is 0.245. The van der Waals surface area contributed by atoms with Crippen LogP contribution in [-0.4, -0.2) is 76.7 Å². The predicted molar refractivity (Wildman–Crippen MR) is 153 cm³/mol. The van der Waals surface area contributed by atoms with Crippen molar-refractivity contribution in [2.75, 3.05) is 18.9 Å². The fraction of sp³-hybridized carbons (Fsp3) is 0.565. The van der Waals surface area contributed by atoms with Gasteiger partial charge in [-0.3, -0.25) is 14.3 Å². The van der Waals surface area contributed by atoms with Crippen molar-refractivity contribution in [3.63, 3.8) is 0 Å². The average Bonchev–Trinajstić information content (AvgIpc) is 3.24. The van der Waals surface area contributed by atoms with Gasteiger partial charge in [-0.2, -0.15) is 4.98 Å². The largest absolute Gasteiger partial charge is 0.697 e. The second-order valence-electron chi connectivity index (χ2n) is 11.2. The number of H-pyrrole nitrogens is 1. The summed E-state index contributed by atoms with van der Waals surface area (Å²) in [5.41, 5.74) is 11.9. The fourth-order valence-corrected chi connectivity index (χ4v) is 8.98. The number of nitrogen functional groups attached to an aromatic ring is 1. The third-order valence-corrected chi connectivity index (χ3v) is 11.0. The number of hydrogen-bond acceptors (Lipinski definition) is 14. The molecule has 2 saturated heterocycles. The zero-order valence-electron chi connectivity index (χ0n) is 22.7. The Balaban J connectivity index is 1.18. The maximum absolute atomic E-state index is 13.2. The Kier molecular flexibility index (Phi) is 6.91. The van der Waals surface area contributed by atoms with E-state index >= 15 is 0 Å². The van der Waals surface area contributed by atoms with E-state index in [0.717, 1.165) is 0 Å². The van der Waals surface area contributed by atoms with Gasteiger partial charge in [-0.1, -0.05) is 6.58 Å². The van der Waals surface area contributed by atoms with E-state index < -0.39 is 62.6 Å². The standard InChI is InChI=1S/C23H28N8O9P2S/c1-9(24)14-10(2)30(7-26-14)16-12-4-23(12)6-36-41(34)39-13-3-11(5-37-42(35,43)40-18(23)17(16)32)38-21(13)31-8-27-15-19(31)28-22(25)29-20(15)33/h7-8,11-13,16-18,21,32H,1,3-6,24H2,2H3,(H3-,25,28,29,33,35,43)/p+1/t11-,12+,13+,16+,17-,18-,21+,23?,42?/m0/s1. The molecule has 2 bridgehead atoms. The SMILES string of the molecule is C=C(N)c1ncn([C@H]2[C@H](O)[C@@H]3OP(O)(=S)OC[C@@H]4C[C@@H](O[P+](=O)OCC35C[C@H]25)[C@H](n2cnc3c(=O)[nH]c(N)nc32)O4)c1C. The van der Waals surface area contributed by atoms with E-state index in [4.69, 9.17) is 46.1 Å². The van der Waals surface area contributed by atoms with Crippen molar-refractivity contribution in [3.8, 4) is 0 Å². The number of aromatic nitrogens is 6. The molecule has 3 aromatic heterocycles. The Morgan fingerprint density at radius 3 is 2.86 bits per heavy atom. The number of ether oxygens (including phenoxy) is 1. The number of aromatic amines is 1. The molecule has 1 spiro atoms. The van der Waals surface area contributed by atoms with Crippen LogP contribution in [-0.2, 0) is 39.2 Å². The molecule has 230 valence electrons. The lowest BCUT2D eigenvalue weighted by atomic mass is 10.0. The predicted octanol–water partition coefficient (Wildman–Crippen LogP) is 0.737. The molecule has 2 aliphatic carbocycles. The summed E-state index contributed by atoms with van der Waals surface area (Å²) in [6, 6.07) is -0.516. The van der Waals surface area contributed by atoms with Crippen LogP contribution in [0.2, 0.25) is 0 Å². The summed E-state index contributed by atoms with van der Waals surface area (Å²) in [7, 11) is -2.70. The van der Waals surface area contributed by atoms with Crippen molar-refractivity contribution >= 4 is 49.6 Å². The van der Waals surface area contributed by atoms with E-state index in [1.807, 2.05) is 6.92 Å². The monoisotopic (exact) mass is 655 g/mol. The molecule has 2 aliphatic heterocycles. The molecule has 7 N–H and O–H groups in total. The van der Waals surface area contributed by atoms with Gasteiger partial charge in [0.25, 0.3) is 5.56 Å². The van der Waals surface area contributed by atoms with Crippen LogP contribution < -0.4 is 17.0 Å². The van der Waals surface area contributed by atoms with Crippen LogP contribution in [0.25, 0.3) is 16.9 Å². The molecule has 17 nitrogen and oxygen atoms in total. The van der Waals surface area contributed by atoms with Crippen molar-refractivity contribution in [3.05, 3.63) is 41.0 Å². The molecule has 20 heteroatoms. The van der Waals surface area contributed by atoms with Crippen molar-refractivity contribution in [1.29, 1.82) is 0 Å². The number of anilines is 1. The number of aliphatic hydroxyl groups excluding tert-OH is 1. The fourth-order valence-electron chi connectivity index (χ4n) is 6.67. The number of rotatable bonds is 3. The van der Waals surface area contributed by atoms with Crippen LogP contribution in [0.15, 0.2) is 24.0 Å². The summed E-state index contributed by atoms with van der Waals surface area (Å²) >= 11 is 5.36. The Bertz CT molecular complexity index is 1760. The molecule has 5 heterocycles. The van der Waals surface area contributed by atoms with Crippen molar-refractivity contribution in [2.24, 2.45) is 17.1 Å². The van der Waals surface area contributed by atoms with Gasteiger partial charge in [0.15, 0.2) is 23.5 Å². The minimum Gasteiger partial charge on any atom is -0.397 e. The summed E-state index contributed by atoms with van der Waals surface area (Å²) in [5.74, 6) is -0.313. The molecular formula is C23H29N8O9P2S+. The Morgan fingerprint density at radius 1 is 1.35 bits per heavy atom. The van der Waals surface area contributed by atoms with Crippen LogP contribution in [0, 0.1) is 18.3 Å². The van der Waals surface area contributed by atoms with Gasteiger partial charge in [-0.05, 0) is 31.1 Å². The van der Waals surface area contributed by atoms with Crippen LogP contribution in [0.4, 0.5) is 5.95 Å². The van der Waals surface area contributed by atoms with Gasteiger partial charge < -0.3 is 39.8 Å². The summed E-state index contributed by atoms with van der Waals surface area (Å²) in [6.45, 7) is 1.33. The first kappa shape index (κ1) is 29.1. The van der Waals surface area contributed by atoms with Crippen molar-refractivity contribution in [1.82, 2.24) is 29.1 Å². The highest BCUT2D eigenvalue weighted by molar-refractivity contribution is 8.07. The Labute approximate surface area is 249 Å². The molecule has 2 saturated carbocycles. The highest BCUT2D eigenvalue weighted by Gasteiger charge is 2.74. The molecule has 4 fully saturated rings. The second-order valence-corrected chi connectivity index (χ2v) is 14.9. The van der Waals surface area contributed by atoms with Crippen LogP contribution in [0.1, 0.15) is 36.5 Å². The Hall–Kier alpha value is -2.63. The van der Waals surface area contributed by atoms with Gasteiger partial charge in [0.05, 0.1) is 37.1 Å². The first-order chi connectivity index (χ1) is 20.4. The summed E-state index contributed by atoms with van der Waals surface area (Å²) in [4.78, 5) is 38.4. The third-order valence-electron chi connectivity index (χ3n) is 8.68. The minimum absolute atomic E-state index is 0.0286. The highest BCUT2D eigenvalue weighted by atomic mass is 32.5. The van der Waals surface area contributed by atoms with Gasteiger partial charge in [0.2, 0.25) is 5.95 Å². The van der Waals surface area contributed by atoms with Crippen LogP contribution in [0.5, 0.6) is 0 Å².